The van der Waals surface area contributed by atoms with Crippen molar-refractivity contribution < 1.29 is 12.8 Å². The van der Waals surface area contributed by atoms with Crippen LogP contribution in [0.5, 0.6) is 5.75 Å². The molecule has 0 unspecified atom stereocenters. The van der Waals surface area contributed by atoms with Crippen LogP contribution in [0.15, 0.2) is 29.2 Å². The molecule has 0 fully saturated rings. The van der Waals surface area contributed by atoms with E-state index < -0.39 is 18.2 Å². The van der Waals surface area contributed by atoms with Crippen molar-refractivity contribution in [2.75, 3.05) is 6.26 Å². The van der Waals surface area contributed by atoms with Crippen molar-refractivity contribution in [1.82, 2.24) is 0 Å². The molecular formula is C13H22O3SSi. The van der Waals surface area contributed by atoms with E-state index in [1.165, 1.54) is 6.26 Å². The number of hydrogen-bond acceptors (Lipinski definition) is 3. The van der Waals surface area contributed by atoms with Crippen molar-refractivity contribution in [2.24, 2.45) is 0 Å². The van der Waals surface area contributed by atoms with E-state index in [1.54, 1.807) is 24.3 Å². The van der Waals surface area contributed by atoms with Crippen LogP contribution < -0.4 is 4.43 Å². The molecule has 18 heavy (non-hydrogen) atoms. The Kier molecular flexibility index (Phi) is 3.98. The van der Waals surface area contributed by atoms with Gasteiger partial charge in [0, 0.05) is 6.26 Å². The third-order valence-corrected chi connectivity index (χ3v) is 8.90. The van der Waals surface area contributed by atoms with Crippen LogP contribution in [-0.2, 0) is 9.84 Å². The minimum absolute atomic E-state index is 0.0393. The molecule has 102 valence electrons. The quantitative estimate of drug-likeness (QED) is 0.799. The summed E-state index contributed by atoms with van der Waals surface area (Å²) < 4.78 is 29.5. The summed E-state index contributed by atoms with van der Waals surface area (Å²) in [4.78, 5) is 0.273. The Morgan fingerprint density at radius 1 is 1.11 bits per heavy atom. The van der Waals surface area contributed by atoms with E-state index in [1.807, 2.05) is 0 Å². The van der Waals surface area contributed by atoms with Gasteiger partial charge in [-0.25, -0.2) is 8.42 Å². The first kappa shape index (κ1) is 15.2. The molecule has 0 aromatic heterocycles. The van der Waals surface area contributed by atoms with Gasteiger partial charge in [0.25, 0.3) is 8.32 Å². The van der Waals surface area contributed by atoms with Gasteiger partial charge in [-0.15, -0.1) is 0 Å². The first-order chi connectivity index (χ1) is 7.95. The van der Waals surface area contributed by atoms with Crippen molar-refractivity contribution in [1.29, 1.82) is 0 Å². The average molecular weight is 286 g/mol. The smallest absolute Gasteiger partial charge is 0.250 e. The second kappa shape index (κ2) is 4.70. The molecule has 0 spiro atoms. The Balaban J connectivity index is 3.22. The Hall–Kier alpha value is -0.813. The zero-order valence-corrected chi connectivity index (χ0v) is 13.8. The summed E-state index contributed by atoms with van der Waals surface area (Å²) in [6.07, 6.45) is 1.21. The molecule has 0 aliphatic carbocycles. The van der Waals surface area contributed by atoms with Crippen molar-refractivity contribution >= 4 is 18.2 Å². The van der Waals surface area contributed by atoms with Crippen LogP contribution in [0.25, 0.3) is 0 Å². The highest BCUT2D eigenvalue weighted by molar-refractivity contribution is 7.90. The van der Waals surface area contributed by atoms with E-state index in [2.05, 4.69) is 33.9 Å². The predicted molar refractivity (Wildman–Crippen MR) is 77.4 cm³/mol. The van der Waals surface area contributed by atoms with Crippen LogP contribution in [0.4, 0.5) is 0 Å². The van der Waals surface area contributed by atoms with Gasteiger partial charge < -0.3 is 4.43 Å². The van der Waals surface area contributed by atoms with Gasteiger partial charge in [0.15, 0.2) is 9.84 Å². The third-order valence-electron chi connectivity index (χ3n) is 3.42. The SMILES string of the molecule is CC(C)(C)[Si](C)(C)Oc1ccccc1S(C)(=O)=O. The molecule has 1 rings (SSSR count). The fourth-order valence-electron chi connectivity index (χ4n) is 1.27. The molecule has 0 N–H and O–H groups in total. The molecule has 0 heterocycles. The lowest BCUT2D eigenvalue weighted by atomic mass is 10.2. The minimum Gasteiger partial charge on any atom is -0.543 e. The Morgan fingerprint density at radius 2 is 1.61 bits per heavy atom. The molecule has 0 atom stereocenters. The number of hydrogen-bond donors (Lipinski definition) is 0. The lowest BCUT2D eigenvalue weighted by Gasteiger charge is -2.36. The first-order valence-electron chi connectivity index (χ1n) is 5.93. The third kappa shape index (κ3) is 3.35. The van der Waals surface area contributed by atoms with E-state index in [4.69, 9.17) is 4.43 Å². The lowest BCUT2D eigenvalue weighted by Crippen LogP contribution is -2.44. The summed E-state index contributed by atoms with van der Waals surface area (Å²) in [5.74, 6) is 0.478. The highest BCUT2D eigenvalue weighted by Crippen LogP contribution is 2.38. The lowest BCUT2D eigenvalue weighted by molar-refractivity contribution is 0.480. The maximum absolute atomic E-state index is 11.7. The molecule has 0 saturated heterocycles. The molecule has 0 saturated carbocycles. The Labute approximate surface area is 111 Å². The monoisotopic (exact) mass is 286 g/mol. The zero-order chi connectivity index (χ0) is 14.2. The first-order valence-corrected chi connectivity index (χ1v) is 10.7. The van der Waals surface area contributed by atoms with E-state index >= 15 is 0 Å². The maximum Gasteiger partial charge on any atom is 0.250 e. The summed E-state index contributed by atoms with van der Waals surface area (Å²) in [6, 6.07) is 6.85. The van der Waals surface area contributed by atoms with Gasteiger partial charge in [-0.05, 0) is 30.3 Å². The van der Waals surface area contributed by atoms with E-state index in [0.29, 0.717) is 5.75 Å². The maximum atomic E-state index is 11.7. The van der Waals surface area contributed by atoms with Crippen LogP contribution in [0.2, 0.25) is 18.1 Å². The summed E-state index contributed by atoms with van der Waals surface area (Å²) in [6.45, 7) is 10.6. The minimum atomic E-state index is -3.25. The summed E-state index contributed by atoms with van der Waals surface area (Å²) in [7, 11) is -5.27. The fraction of sp³-hybridized carbons (Fsp3) is 0.538. The second-order valence-corrected chi connectivity index (χ2v) is 12.8. The molecule has 1 aromatic carbocycles. The van der Waals surface area contributed by atoms with Gasteiger partial charge in [0.1, 0.15) is 10.6 Å². The molecule has 0 aliphatic rings. The number of rotatable bonds is 3. The van der Waals surface area contributed by atoms with Gasteiger partial charge in [-0.3, -0.25) is 0 Å². The molecular weight excluding hydrogens is 264 g/mol. The van der Waals surface area contributed by atoms with E-state index in [-0.39, 0.29) is 9.93 Å². The van der Waals surface area contributed by atoms with Crippen LogP contribution >= 0.6 is 0 Å². The molecule has 1 aromatic rings. The molecule has 0 aliphatic heterocycles. The van der Waals surface area contributed by atoms with E-state index in [0.717, 1.165) is 0 Å². The average Bonchev–Trinajstić information content (AvgIpc) is 2.14. The topological polar surface area (TPSA) is 43.4 Å². The fourth-order valence-corrected chi connectivity index (χ4v) is 3.18. The second-order valence-electron chi connectivity index (χ2n) is 6.08. The van der Waals surface area contributed by atoms with Crippen LogP contribution in [0.3, 0.4) is 0 Å². The predicted octanol–water partition coefficient (Wildman–Crippen LogP) is 3.47. The van der Waals surface area contributed by atoms with Crippen molar-refractivity contribution in [3.05, 3.63) is 24.3 Å². The van der Waals surface area contributed by atoms with Crippen molar-refractivity contribution in [2.45, 2.75) is 43.8 Å². The molecule has 3 nitrogen and oxygen atoms in total. The molecule has 0 radical (unpaired) electrons. The molecule has 0 bridgehead atoms. The summed E-state index contributed by atoms with van der Waals surface area (Å²) in [5.41, 5.74) is 0. The van der Waals surface area contributed by atoms with Crippen molar-refractivity contribution in [3.8, 4) is 5.75 Å². The number of benzene rings is 1. The van der Waals surface area contributed by atoms with Gasteiger partial charge in [-0.2, -0.15) is 0 Å². The number of sulfone groups is 1. The zero-order valence-electron chi connectivity index (χ0n) is 11.9. The largest absolute Gasteiger partial charge is 0.543 e. The molecule has 5 heteroatoms. The van der Waals surface area contributed by atoms with Crippen LogP contribution in [0, 0.1) is 0 Å². The highest BCUT2D eigenvalue weighted by atomic mass is 32.2. The summed E-state index contributed by atoms with van der Waals surface area (Å²) >= 11 is 0. The molecule has 0 amide bonds. The van der Waals surface area contributed by atoms with Gasteiger partial charge in [0.2, 0.25) is 0 Å². The normalized spacial score (nSPS) is 13.4. The Morgan fingerprint density at radius 3 is 2.06 bits per heavy atom. The van der Waals surface area contributed by atoms with Crippen LogP contribution in [0.1, 0.15) is 20.8 Å². The standard InChI is InChI=1S/C13H22O3SSi/c1-13(2,3)18(5,6)16-11-9-7-8-10-12(11)17(4,14)15/h7-10H,1-6H3. The number of para-hydroxylation sites is 1. The van der Waals surface area contributed by atoms with Gasteiger partial charge >= 0.3 is 0 Å². The van der Waals surface area contributed by atoms with Crippen LogP contribution in [-0.4, -0.2) is 23.0 Å². The van der Waals surface area contributed by atoms with Gasteiger partial charge in [-0.1, -0.05) is 32.9 Å². The highest BCUT2D eigenvalue weighted by Gasteiger charge is 2.39. The Bertz CT molecular complexity index is 527. The van der Waals surface area contributed by atoms with E-state index in [9.17, 15) is 8.42 Å². The summed E-state index contributed by atoms with van der Waals surface area (Å²) in [5, 5.41) is 0.0393. The van der Waals surface area contributed by atoms with Gasteiger partial charge in [0.05, 0.1) is 0 Å². The van der Waals surface area contributed by atoms with Crippen molar-refractivity contribution in [3.63, 3.8) is 0 Å².